The number of benzene rings is 2. The van der Waals surface area contributed by atoms with E-state index in [-0.39, 0.29) is 18.0 Å². The lowest BCUT2D eigenvalue weighted by Gasteiger charge is -2.36. The van der Waals surface area contributed by atoms with Gasteiger partial charge >= 0.3 is 0 Å². The summed E-state index contributed by atoms with van der Waals surface area (Å²) < 4.78 is 0. The van der Waals surface area contributed by atoms with Crippen LogP contribution in [0.5, 0.6) is 0 Å². The number of carbonyl (C=O) groups is 1. The second-order valence-corrected chi connectivity index (χ2v) is 8.70. The van der Waals surface area contributed by atoms with Gasteiger partial charge in [0.05, 0.1) is 11.7 Å². The molecule has 1 aliphatic carbocycles. The first-order chi connectivity index (χ1) is 14.1. The highest BCUT2D eigenvalue weighted by molar-refractivity contribution is 6.31. The van der Waals surface area contributed by atoms with Crippen molar-refractivity contribution in [2.45, 2.75) is 44.2 Å². The van der Waals surface area contributed by atoms with Gasteiger partial charge in [0.2, 0.25) is 0 Å². The molecule has 6 heteroatoms. The number of aromatic nitrogens is 2. The zero-order chi connectivity index (χ0) is 20.0. The fraction of sp³-hybridized carbons (Fsp3) is 0.304. The summed E-state index contributed by atoms with van der Waals surface area (Å²) in [5.74, 6) is 0.0320. The summed E-state index contributed by atoms with van der Waals surface area (Å²) in [7, 11) is 0. The first-order valence-corrected chi connectivity index (χ1v) is 10.8. The van der Waals surface area contributed by atoms with Crippen molar-refractivity contribution >= 4 is 29.1 Å². The van der Waals surface area contributed by atoms with E-state index in [4.69, 9.17) is 23.2 Å². The highest BCUT2D eigenvalue weighted by Crippen LogP contribution is 2.46. The Kier molecular flexibility index (Phi) is 4.84. The number of halogens is 2. The van der Waals surface area contributed by atoms with E-state index < -0.39 is 0 Å². The number of amides is 1. The van der Waals surface area contributed by atoms with Crippen LogP contribution in [-0.2, 0) is 0 Å². The lowest BCUT2D eigenvalue weighted by Crippen LogP contribution is -2.40. The molecule has 148 valence electrons. The van der Waals surface area contributed by atoms with E-state index in [1.807, 2.05) is 48.5 Å². The van der Waals surface area contributed by atoms with Crippen LogP contribution in [0.2, 0.25) is 10.0 Å². The Morgan fingerprint density at radius 2 is 1.72 bits per heavy atom. The monoisotopic (exact) mass is 425 g/mol. The third kappa shape index (κ3) is 3.24. The van der Waals surface area contributed by atoms with Gasteiger partial charge in [-0.05, 0) is 42.7 Å². The molecule has 0 bridgehead atoms. The molecule has 2 heterocycles. The molecular weight excluding hydrogens is 405 g/mol. The molecule has 3 aromatic rings. The smallest absolute Gasteiger partial charge is 0.273 e. The second-order valence-electron chi connectivity index (χ2n) is 7.83. The van der Waals surface area contributed by atoms with Gasteiger partial charge in [-0.25, -0.2) is 0 Å². The molecule has 5 rings (SSSR count). The Hall–Kier alpha value is -2.30. The molecule has 1 unspecified atom stereocenters. The minimum absolute atomic E-state index is 0.0320. The maximum atomic E-state index is 13.5. The molecule has 4 nitrogen and oxygen atoms in total. The van der Waals surface area contributed by atoms with Crippen LogP contribution >= 0.6 is 23.2 Å². The van der Waals surface area contributed by atoms with Crippen molar-refractivity contribution in [3.63, 3.8) is 0 Å². The maximum absolute atomic E-state index is 13.5. The third-order valence-electron chi connectivity index (χ3n) is 6.05. The number of rotatable bonds is 3. The van der Waals surface area contributed by atoms with Crippen molar-refractivity contribution < 1.29 is 4.79 Å². The molecule has 2 aliphatic rings. The quantitative estimate of drug-likeness (QED) is 0.537. The summed E-state index contributed by atoms with van der Waals surface area (Å²) in [6, 6.07) is 15.5. The molecule has 1 aliphatic heterocycles. The number of aromatic amines is 1. The summed E-state index contributed by atoms with van der Waals surface area (Å²) in [6.07, 6.45) is 5.64. The molecule has 0 spiro atoms. The topological polar surface area (TPSA) is 49.0 Å². The minimum atomic E-state index is -0.191. The molecular formula is C23H21Cl2N3O. The summed E-state index contributed by atoms with van der Waals surface area (Å²) in [4.78, 5) is 15.5. The van der Waals surface area contributed by atoms with Crippen LogP contribution < -0.4 is 0 Å². The first kappa shape index (κ1) is 18.7. The summed E-state index contributed by atoms with van der Waals surface area (Å²) in [6.45, 7) is 0. The van der Waals surface area contributed by atoms with Gasteiger partial charge in [0.15, 0.2) is 0 Å². The second kappa shape index (κ2) is 7.51. The summed E-state index contributed by atoms with van der Waals surface area (Å²) in [5, 5.41) is 8.89. The number of carbonyl (C=O) groups excluding carboxylic acids is 1. The van der Waals surface area contributed by atoms with Crippen molar-refractivity contribution in [3.8, 4) is 11.3 Å². The van der Waals surface area contributed by atoms with E-state index in [0.29, 0.717) is 15.7 Å². The number of hydrogen-bond donors (Lipinski definition) is 1. The van der Waals surface area contributed by atoms with Gasteiger partial charge in [-0.3, -0.25) is 9.89 Å². The van der Waals surface area contributed by atoms with Crippen LogP contribution in [0, 0.1) is 0 Å². The van der Waals surface area contributed by atoms with Gasteiger partial charge in [-0.1, -0.05) is 66.7 Å². The lowest BCUT2D eigenvalue weighted by atomic mass is 9.91. The van der Waals surface area contributed by atoms with Crippen LogP contribution in [0.25, 0.3) is 11.3 Å². The molecule has 1 saturated carbocycles. The average molecular weight is 426 g/mol. The average Bonchev–Trinajstić information content (AvgIpc) is 3.28. The molecule has 1 atom stereocenters. The van der Waals surface area contributed by atoms with Gasteiger partial charge in [-0.15, -0.1) is 0 Å². The van der Waals surface area contributed by atoms with Crippen LogP contribution in [0.4, 0.5) is 0 Å². The van der Waals surface area contributed by atoms with Gasteiger partial charge < -0.3 is 4.90 Å². The standard InChI is InChI=1S/C23H21Cl2N3O/c24-16-11-9-14(10-12-16)20-19-21(27-26-20)23(29)28(18-7-2-1-3-8-18)22(19)15-5-4-6-17(25)13-15/h4-6,9-13,18,22H,1-3,7-8H2,(H,26,27). The fourth-order valence-electron chi connectivity index (χ4n) is 4.73. The molecule has 1 N–H and O–H groups in total. The molecule has 1 aromatic heterocycles. The highest BCUT2D eigenvalue weighted by Gasteiger charge is 2.45. The number of H-pyrrole nitrogens is 1. The van der Waals surface area contributed by atoms with Gasteiger partial charge in [-0.2, -0.15) is 5.10 Å². The predicted octanol–water partition coefficient (Wildman–Crippen LogP) is 6.26. The fourth-order valence-corrected chi connectivity index (χ4v) is 5.06. The van der Waals surface area contributed by atoms with Crippen LogP contribution in [0.15, 0.2) is 48.5 Å². The number of fused-ring (bicyclic) bond motifs is 1. The van der Waals surface area contributed by atoms with Gasteiger partial charge in [0.1, 0.15) is 5.69 Å². The normalized spacial score (nSPS) is 19.6. The zero-order valence-corrected chi connectivity index (χ0v) is 17.4. The van der Waals surface area contributed by atoms with Crippen molar-refractivity contribution in [2.75, 3.05) is 0 Å². The van der Waals surface area contributed by atoms with E-state index in [1.165, 1.54) is 6.42 Å². The lowest BCUT2D eigenvalue weighted by molar-refractivity contribution is 0.0606. The molecule has 1 amide bonds. The largest absolute Gasteiger partial charge is 0.323 e. The van der Waals surface area contributed by atoms with Crippen molar-refractivity contribution in [2.24, 2.45) is 0 Å². The zero-order valence-electron chi connectivity index (χ0n) is 15.9. The Balaban J connectivity index is 1.67. The first-order valence-electron chi connectivity index (χ1n) is 10.1. The SMILES string of the molecule is O=C1c2[nH]nc(-c3ccc(Cl)cc3)c2C(c2cccc(Cl)c2)N1C1CCCCC1. The van der Waals surface area contributed by atoms with Gasteiger partial charge in [0, 0.05) is 27.2 Å². The Morgan fingerprint density at radius 1 is 0.966 bits per heavy atom. The van der Waals surface area contributed by atoms with E-state index in [1.54, 1.807) is 0 Å². The van der Waals surface area contributed by atoms with Crippen molar-refractivity contribution in [3.05, 3.63) is 75.4 Å². The van der Waals surface area contributed by atoms with Gasteiger partial charge in [0.25, 0.3) is 5.91 Å². The van der Waals surface area contributed by atoms with Crippen molar-refractivity contribution in [1.29, 1.82) is 0 Å². The molecule has 1 fully saturated rings. The number of nitrogens with zero attached hydrogens (tertiary/aromatic N) is 2. The Morgan fingerprint density at radius 3 is 2.45 bits per heavy atom. The molecule has 2 aromatic carbocycles. The van der Waals surface area contributed by atoms with E-state index in [9.17, 15) is 4.79 Å². The summed E-state index contributed by atoms with van der Waals surface area (Å²) in [5.41, 5.74) is 4.29. The highest BCUT2D eigenvalue weighted by atomic mass is 35.5. The number of hydrogen-bond acceptors (Lipinski definition) is 2. The third-order valence-corrected chi connectivity index (χ3v) is 6.54. The Bertz CT molecular complexity index is 1050. The predicted molar refractivity (Wildman–Crippen MR) is 115 cm³/mol. The van der Waals surface area contributed by atoms with E-state index in [0.717, 1.165) is 48.1 Å². The Labute approximate surface area is 179 Å². The van der Waals surface area contributed by atoms with E-state index >= 15 is 0 Å². The van der Waals surface area contributed by atoms with E-state index in [2.05, 4.69) is 15.1 Å². The number of nitrogens with one attached hydrogen (secondary N) is 1. The molecule has 0 radical (unpaired) electrons. The van der Waals surface area contributed by atoms with Crippen LogP contribution in [0.1, 0.15) is 59.8 Å². The summed E-state index contributed by atoms with van der Waals surface area (Å²) >= 11 is 12.4. The van der Waals surface area contributed by atoms with Crippen molar-refractivity contribution in [1.82, 2.24) is 15.1 Å². The minimum Gasteiger partial charge on any atom is -0.323 e. The van der Waals surface area contributed by atoms with Crippen LogP contribution in [0.3, 0.4) is 0 Å². The molecule has 0 saturated heterocycles. The molecule has 29 heavy (non-hydrogen) atoms. The maximum Gasteiger partial charge on any atom is 0.273 e. The van der Waals surface area contributed by atoms with Crippen LogP contribution in [-0.4, -0.2) is 27.0 Å².